The second kappa shape index (κ2) is 14.0. The van der Waals surface area contributed by atoms with Crippen LogP contribution in [0.25, 0.3) is 12.2 Å². The highest BCUT2D eigenvalue weighted by Gasteiger charge is 2.25. The Balaban J connectivity index is 1.56. The number of carbonyl (C=O) groups is 2. The van der Waals surface area contributed by atoms with E-state index in [1.54, 1.807) is 43.5 Å². The number of esters is 1. The molecule has 3 aromatic rings. The summed E-state index contributed by atoms with van der Waals surface area (Å²) >= 11 is 0. The van der Waals surface area contributed by atoms with Crippen LogP contribution in [0.1, 0.15) is 32.6 Å². The van der Waals surface area contributed by atoms with Crippen molar-refractivity contribution in [1.29, 1.82) is 0 Å². The average Bonchev–Trinajstić information content (AvgIpc) is 3.50. The van der Waals surface area contributed by atoms with Crippen LogP contribution < -0.4 is 33.7 Å². The van der Waals surface area contributed by atoms with Crippen LogP contribution in [0.15, 0.2) is 42.5 Å². The Morgan fingerprint density at radius 1 is 0.881 bits per heavy atom. The van der Waals surface area contributed by atoms with Crippen molar-refractivity contribution in [2.24, 2.45) is 0 Å². The molecule has 0 bridgehead atoms. The van der Waals surface area contributed by atoms with Crippen LogP contribution in [0.4, 0.5) is 4.79 Å². The fourth-order valence-electron chi connectivity index (χ4n) is 4.46. The minimum atomic E-state index is -0.583. The molecule has 222 valence electrons. The van der Waals surface area contributed by atoms with E-state index in [-0.39, 0.29) is 31.3 Å². The number of fused-ring (bicyclic) bond motifs is 1. The van der Waals surface area contributed by atoms with Gasteiger partial charge in [-0.15, -0.1) is 0 Å². The fraction of sp³-hybridized carbons (Fsp3) is 0.290. The summed E-state index contributed by atoms with van der Waals surface area (Å²) in [6.07, 6.45) is 3.41. The van der Waals surface area contributed by atoms with Gasteiger partial charge < -0.3 is 43.2 Å². The molecule has 1 aliphatic heterocycles. The molecule has 1 amide bonds. The predicted octanol–water partition coefficient (Wildman–Crippen LogP) is 4.88. The molecule has 0 radical (unpaired) electrons. The number of ether oxygens (including phenoxy) is 8. The lowest BCUT2D eigenvalue weighted by atomic mass is 9.99. The second-order valence-electron chi connectivity index (χ2n) is 8.91. The lowest BCUT2D eigenvalue weighted by Gasteiger charge is -2.16. The highest BCUT2D eigenvalue weighted by molar-refractivity contribution is 5.99. The number of nitrogens with one attached hydrogen (secondary N) is 1. The molecule has 42 heavy (non-hydrogen) atoms. The van der Waals surface area contributed by atoms with Gasteiger partial charge in [0.15, 0.2) is 23.0 Å². The number of benzene rings is 3. The topological polar surface area (TPSA) is 120 Å². The Bertz CT molecular complexity index is 1450. The normalized spacial score (nSPS) is 11.6. The Hall–Kier alpha value is -5.06. The van der Waals surface area contributed by atoms with Crippen LogP contribution in [0.5, 0.6) is 34.5 Å². The van der Waals surface area contributed by atoms with Crippen LogP contribution in [0, 0.1) is 0 Å². The minimum Gasteiger partial charge on any atom is -0.497 e. The molecule has 1 aliphatic rings. The van der Waals surface area contributed by atoms with E-state index in [0.717, 1.165) is 16.9 Å². The first-order valence-electron chi connectivity index (χ1n) is 13.0. The Kier molecular flexibility index (Phi) is 9.99. The molecule has 11 heteroatoms. The van der Waals surface area contributed by atoms with Crippen molar-refractivity contribution in [2.45, 2.75) is 13.0 Å². The van der Waals surface area contributed by atoms with Crippen molar-refractivity contribution in [2.75, 3.05) is 48.9 Å². The summed E-state index contributed by atoms with van der Waals surface area (Å²) in [5, 5.41) is 2.78. The van der Waals surface area contributed by atoms with Crippen molar-refractivity contribution in [3.8, 4) is 34.5 Å². The molecule has 0 spiro atoms. The summed E-state index contributed by atoms with van der Waals surface area (Å²) in [6.45, 7) is 0.445. The molecule has 0 unspecified atom stereocenters. The lowest BCUT2D eigenvalue weighted by Crippen LogP contribution is -2.26. The largest absolute Gasteiger partial charge is 0.497 e. The van der Waals surface area contributed by atoms with E-state index in [2.05, 4.69) is 5.32 Å². The van der Waals surface area contributed by atoms with Crippen LogP contribution in [0.3, 0.4) is 0 Å². The molecular weight excluding hydrogens is 546 g/mol. The van der Waals surface area contributed by atoms with Gasteiger partial charge in [-0.1, -0.05) is 30.4 Å². The van der Waals surface area contributed by atoms with Gasteiger partial charge in [0.25, 0.3) is 0 Å². The SMILES string of the molecule is COC(=O)c1c(/C=C/c2c(CCNC(=O)OCc3ccc(OC)cc3)cc3c(c2OC)OCO3)ccc(OC)c1OC. The number of hydrogen-bond donors (Lipinski definition) is 1. The first-order valence-corrected chi connectivity index (χ1v) is 13.0. The summed E-state index contributed by atoms with van der Waals surface area (Å²) in [5.41, 5.74) is 3.06. The van der Waals surface area contributed by atoms with Crippen LogP contribution in [-0.2, 0) is 22.5 Å². The van der Waals surface area contributed by atoms with Crippen molar-refractivity contribution < 1.29 is 47.5 Å². The molecule has 1 heterocycles. The summed E-state index contributed by atoms with van der Waals surface area (Å²) < 4.78 is 43.3. The van der Waals surface area contributed by atoms with Gasteiger partial charge in [0, 0.05) is 12.1 Å². The molecule has 0 aliphatic carbocycles. The summed E-state index contributed by atoms with van der Waals surface area (Å²) in [4.78, 5) is 25.1. The van der Waals surface area contributed by atoms with E-state index in [9.17, 15) is 9.59 Å². The van der Waals surface area contributed by atoms with E-state index < -0.39 is 12.1 Å². The van der Waals surface area contributed by atoms with Gasteiger partial charge >= 0.3 is 12.1 Å². The molecule has 1 N–H and O–H groups in total. The van der Waals surface area contributed by atoms with E-state index >= 15 is 0 Å². The van der Waals surface area contributed by atoms with Gasteiger partial charge in [-0.05, 0) is 47.4 Å². The highest BCUT2D eigenvalue weighted by Crippen LogP contribution is 2.46. The highest BCUT2D eigenvalue weighted by atomic mass is 16.7. The Morgan fingerprint density at radius 3 is 2.31 bits per heavy atom. The maximum Gasteiger partial charge on any atom is 0.407 e. The van der Waals surface area contributed by atoms with Gasteiger partial charge in [0.1, 0.15) is 17.9 Å². The van der Waals surface area contributed by atoms with Crippen molar-refractivity contribution in [3.63, 3.8) is 0 Å². The molecule has 3 aromatic carbocycles. The number of methoxy groups -OCH3 is 5. The summed E-state index contributed by atoms with van der Waals surface area (Å²) in [7, 11) is 7.35. The maximum atomic E-state index is 12.7. The first-order chi connectivity index (χ1) is 20.4. The van der Waals surface area contributed by atoms with Gasteiger partial charge in [0.2, 0.25) is 12.5 Å². The molecule has 11 nitrogen and oxygen atoms in total. The number of carbonyl (C=O) groups excluding carboxylic acids is 2. The van der Waals surface area contributed by atoms with Gasteiger partial charge in [-0.2, -0.15) is 0 Å². The Labute approximate surface area is 243 Å². The van der Waals surface area contributed by atoms with Crippen molar-refractivity contribution >= 4 is 24.2 Å². The third-order valence-electron chi connectivity index (χ3n) is 6.54. The molecular formula is C31H33NO10. The van der Waals surface area contributed by atoms with Crippen LogP contribution in [0.2, 0.25) is 0 Å². The monoisotopic (exact) mass is 579 g/mol. The summed E-state index contributed by atoms with van der Waals surface area (Å²) in [6, 6.07) is 12.5. The van der Waals surface area contributed by atoms with E-state index in [0.29, 0.717) is 40.5 Å². The number of amides is 1. The maximum absolute atomic E-state index is 12.7. The van der Waals surface area contributed by atoms with Gasteiger partial charge in [0.05, 0.1) is 35.5 Å². The molecule has 0 aromatic heterocycles. The van der Waals surface area contributed by atoms with Crippen LogP contribution >= 0.6 is 0 Å². The number of alkyl carbamates (subject to hydrolysis) is 1. The van der Waals surface area contributed by atoms with Gasteiger partial charge in [-0.3, -0.25) is 0 Å². The van der Waals surface area contributed by atoms with E-state index in [4.69, 9.17) is 37.9 Å². The van der Waals surface area contributed by atoms with E-state index in [1.807, 2.05) is 18.2 Å². The quantitative estimate of drug-likeness (QED) is 0.235. The molecule has 0 saturated heterocycles. The van der Waals surface area contributed by atoms with E-state index in [1.165, 1.54) is 28.4 Å². The molecule has 0 saturated carbocycles. The predicted molar refractivity (Wildman–Crippen MR) is 154 cm³/mol. The van der Waals surface area contributed by atoms with Crippen molar-refractivity contribution in [1.82, 2.24) is 5.32 Å². The fourth-order valence-corrected chi connectivity index (χ4v) is 4.46. The average molecular weight is 580 g/mol. The number of hydrogen-bond acceptors (Lipinski definition) is 10. The first kappa shape index (κ1) is 29.9. The minimum absolute atomic E-state index is 0.0520. The Morgan fingerprint density at radius 2 is 1.64 bits per heavy atom. The van der Waals surface area contributed by atoms with Crippen LogP contribution in [-0.4, -0.2) is 60.9 Å². The zero-order valence-corrected chi connectivity index (χ0v) is 24.1. The standard InChI is InChI=1S/C31H33NO10/c1-35-22-10-6-19(7-11-22)17-40-31(34)32-15-14-21-16-25-29(42-18-41-25)27(37-3)23(21)12-8-20-9-13-24(36-2)28(38-4)26(20)30(33)39-5/h6-13,16H,14-15,17-18H2,1-5H3,(H,32,34)/b12-8+. The lowest BCUT2D eigenvalue weighted by molar-refractivity contribution is 0.0596. The molecule has 4 rings (SSSR count). The zero-order valence-electron chi connectivity index (χ0n) is 24.1. The zero-order chi connectivity index (χ0) is 30.1. The van der Waals surface area contributed by atoms with Crippen molar-refractivity contribution in [3.05, 3.63) is 70.3 Å². The molecule has 0 fully saturated rings. The molecule has 0 atom stereocenters. The number of rotatable bonds is 12. The van der Waals surface area contributed by atoms with Gasteiger partial charge in [-0.25, -0.2) is 9.59 Å². The second-order valence-corrected chi connectivity index (χ2v) is 8.91. The summed E-state index contributed by atoms with van der Waals surface area (Å²) in [5.74, 6) is 2.23. The smallest absolute Gasteiger partial charge is 0.407 e. The third-order valence-corrected chi connectivity index (χ3v) is 6.54. The third kappa shape index (κ3) is 6.63.